The Labute approximate surface area is 257 Å². The van der Waals surface area contributed by atoms with E-state index in [2.05, 4.69) is 31.4 Å². The number of benzene rings is 2. The Kier molecular flexibility index (Phi) is 10.9. The number of aliphatic hydroxyl groups is 2. The molecular weight excluding hydrogens is 612 g/mol. The van der Waals surface area contributed by atoms with Crippen molar-refractivity contribution in [2.45, 2.75) is 82.2 Å². The second-order valence-corrected chi connectivity index (χ2v) is 12.8. The lowest BCUT2D eigenvalue weighted by Crippen LogP contribution is -2.49. The third kappa shape index (κ3) is 7.69. The lowest BCUT2D eigenvalue weighted by molar-refractivity contribution is -0.192. The smallest absolute Gasteiger partial charge is 0.475 e. The number of nitrogens with one attached hydrogen (secondary N) is 2. The van der Waals surface area contributed by atoms with Crippen molar-refractivity contribution < 1.29 is 42.9 Å². The number of halogens is 5. The number of hydrogen-bond donors (Lipinski definition) is 5. The summed E-state index contributed by atoms with van der Waals surface area (Å²) in [6.07, 6.45) is -4.31. The molecule has 0 aliphatic carbocycles. The van der Waals surface area contributed by atoms with Crippen LogP contribution in [-0.4, -0.2) is 64.0 Å². The minimum absolute atomic E-state index is 0.0378. The second kappa shape index (κ2) is 13.5. The zero-order valence-corrected chi connectivity index (χ0v) is 25.4. The number of carbonyl (C=O) groups excluding carboxylic acids is 2. The number of aliphatic carboxylic acids is 1. The summed E-state index contributed by atoms with van der Waals surface area (Å²) in [6.45, 7) is 6.02. The molecule has 0 saturated carbocycles. The van der Waals surface area contributed by atoms with Crippen LogP contribution in [0.1, 0.15) is 63.5 Å². The standard InChI is InChI=1S/C28H34Cl2N2O4.C2HF3O2/c1-27(2,3)14-22-28(19-10-6-11-20(30)24(19)32-26(28)36)23(16-7-4-8-17(29)13-16)25(31-22)21(35)12-5-9-18(34)15-33;3-2(4,5)1(6)7/h4,6-8,10-11,13,18,22-23,25,31,33-34H,5,9,12,14-15H2,1-3H3,(H,32,36);(H,6,7)/t18-,22+,23-,25-,28-;/m0./s1. The Balaban J connectivity index is 0.000000646. The summed E-state index contributed by atoms with van der Waals surface area (Å²) in [5.74, 6) is -3.49. The number of anilines is 1. The third-order valence-corrected chi connectivity index (χ3v) is 8.16. The van der Waals surface area contributed by atoms with Crippen LogP contribution in [0.2, 0.25) is 10.0 Å². The first-order valence-electron chi connectivity index (χ1n) is 13.7. The molecule has 0 aromatic heterocycles. The minimum atomic E-state index is -5.08. The van der Waals surface area contributed by atoms with Gasteiger partial charge in [0.2, 0.25) is 5.91 Å². The van der Waals surface area contributed by atoms with Gasteiger partial charge in [-0.15, -0.1) is 0 Å². The summed E-state index contributed by atoms with van der Waals surface area (Å²) in [5.41, 5.74) is 0.995. The first-order valence-corrected chi connectivity index (χ1v) is 14.4. The zero-order valence-electron chi connectivity index (χ0n) is 23.8. The zero-order chi connectivity index (χ0) is 32.3. The molecule has 43 heavy (non-hydrogen) atoms. The number of hydrogen-bond acceptors (Lipinski definition) is 6. The van der Waals surface area contributed by atoms with Crippen molar-refractivity contribution in [3.8, 4) is 0 Å². The van der Waals surface area contributed by atoms with Crippen molar-refractivity contribution in [1.82, 2.24) is 5.32 Å². The fraction of sp³-hybridized carbons (Fsp3) is 0.500. The van der Waals surface area contributed by atoms with Crippen LogP contribution in [0.25, 0.3) is 0 Å². The number of carbonyl (C=O) groups is 3. The molecule has 1 fully saturated rings. The fourth-order valence-electron chi connectivity index (χ4n) is 5.94. The van der Waals surface area contributed by atoms with Crippen molar-refractivity contribution >= 4 is 46.5 Å². The van der Waals surface area contributed by atoms with Gasteiger partial charge in [0.15, 0.2) is 0 Å². The minimum Gasteiger partial charge on any atom is -0.475 e. The van der Waals surface area contributed by atoms with Gasteiger partial charge in [-0.1, -0.05) is 68.2 Å². The highest BCUT2D eigenvalue weighted by Crippen LogP contribution is 2.57. The summed E-state index contributed by atoms with van der Waals surface area (Å²) in [5, 5.41) is 33.6. The van der Waals surface area contributed by atoms with Crippen LogP contribution >= 0.6 is 23.2 Å². The van der Waals surface area contributed by atoms with Gasteiger partial charge < -0.3 is 26.0 Å². The molecule has 1 spiro atoms. The maximum absolute atomic E-state index is 14.1. The van der Waals surface area contributed by atoms with Gasteiger partial charge in [-0.3, -0.25) is 9.59 Å². The van der Waals surface area contributed by atoms with E-state index < -0.39 is 35.6 Å². The SMILES string of the molecule is CC(C)(C)C[C@H]1N[C@@H](C(=O)CCC[C@H](O)CO)[C@H](c2cccc(Cl)c2)[C@@]12C(=O)Nc1c(Cl)cccc12.O=C(O)C(F)(F)F. The third-order valence-electron chi connectivity index (χ3n) is 7.61. The van der Waals surface area contributed by atoms with Crippen molar-refractivity contribution in [2.75, 3.05) is 11.9 Å². The molecule has 236 valence electrons. The van der Waals surface area contributed by atoms with Gasteiger partial charge in [0.25, 0.3) is 0 Å². The number of Topliss-reactive ketones (excluding diaryl/α,β-unsaturated/α-hetero) is 1. The number of carboxylic acid groups (broad SMARTS) is 1. The summed E-state index contributed by atoms with van der Waals surface area (Å²) < 4.78 is 31.7. The maximum atomic E-state index is 14.1. The predicted molar refractivity (Wildman–Crippen MR) is 156 cm³/mol. The molecule has 2 aliphatic rings. The molecule has 5 N–H and O–H groups in total. The average molecular weight is 648 g/mol. The van der Waals surface area contributed by atoms with Gasteiger partial charge in [0.05, 0.1) is 29.5 Å². The molecule has 2 aromatic rings. The molecule has 2 aliphatic heterocycles. The molecule has 4 rings (SSSR count). The van der Waals surface area contributed by atoms with Crippen molar-refractivity contribution in [3.05, 3.63) is 63.6 Å². The first-order chi connectivity index (χ1) is 19.9. The Morgan fingerprint density at radius 1 is 1.09 bits per heavy atom. The monoisotopic (exact) mass is 646 g/mol. The van der Waals surface area contributed by atoms with E-state index >= 15 is 0 Å². The van der Waals surface area contributed by atoms with Crippen LogP contribution in [0.15, 0.2) is 42.5 Å². The largest absolute Gasteiger partial charge is 0.490 e. The average Bonchev–Trinajstić information content (AvgIpc) is 3.39. The Bertz CT molecular complexity index is 1350. The maximum Gasteiger partial charge on any atom is 0.490 e. The van der Waals surface area contributed by atoms with Gasteiger partial charge in [0.1, 0.15) is 11.2 Å². The van der Waals surface area contributed by atoms with E-state index in [1.807, 2.05) is 30.3 Å². The number of amides is 1. The Morgan fingerprint density at radius 2 is 1.72 bits per heavy atom. The molecule has 2 heterocycles. The van der Waals surface area contributed by atoms with Crippen LogP contribution in [0, 0.1) is 5.41 Å². The van der Waals surface area contributed by atoms with E-state index in [0.717, 1.165) is 11.1 Å². The van der Waals surface area contributed by atoms with E-state index in [1.54, 1.807) is 12.1 Å². The quantitative estimate of drug-likeness (QED) is 0.257. The molecule has 5 atom stereocenters. The van der Waals surface area contributed by atoms with Crippen molar-refractivity contribution in [1.29, 1.82) is 0 Å². The number of para-hydroxylation sites is 1. The van der Waals surface area contributed by atoms with Gasteiger partial charge in [-0.2, -0.15) is 13.2 Å². The summed E-state index contributed by atoms with van der Waals surface area (Å²) in [6, 6.07) is 11.9. The molecule has 1 amide bonds. The van der Waals surface area contributed by atoms with Crippen LogP contribution in [-0.2, 0) is 19.8 Å². The molecular formula is C30H35Cl2F3N2O6. The van der Waals surface area contributed by atoms with Gasteiger partial charge in [-0.25, -0.2) is 4.79 Å². The van der Waals surface area contributed by atoms with E-state index in [4.69, 9.17) is 38.2 Å². The molecule has 8 nitrogen and oxygen atoms in total. The number of carboxylic acids is 1. The number of ketones is 1. The number of rotatable bonds is 8. The van der Waals surface area contributed by atoms with Gasteiger partial charge in [0, 0.05) is 23.4 Å². The number of aliphatic hydroxyl groups excluding tert-OH is 2. The molecule has 0 unspecified atom stereocenters. The van der Waals surface area contributed by atoms with Crippen LogP contribution in [0.4, 0.5) is 18.9 Å². The van der Waals surface area contributed by atoms with Crippen LogP contribution in [0.3, 0.4) is 0 Å². The highest BCUT2D eigenvalue weighted by Gasteiger charge is 2.65. The van der Waals surface area contributed by atoms with Crippen molar-refractivity contribution in [2.24, 2.45) is 5.41 Å². The lowest BCUT2D eigenvalue weighted by Gasteiger charge is -2.37. The second-order valence-electron chi connectivity index (χ2n) is 12.0. The fourth-order valence-corrected chi connectivity index (χ4v) is 6.36. The van der Waals surface area contributed by atoms with Crippen LogP contribution in [0.5, 0.6) is 0 Å². The Morgan fingerprint density at radius 3 is 2.28 bits per heavy atom. The van der Waals surface area contributed by atoms with E-state index in [-0.39, 0.29) is 36.2 Å². The number of alkyl halides is 3. The van der Waals surface area contributed by atoms with E-state index in [1.165, 1.54) is 0 Å². The molecule has 2 aromatic carbocycles. The lowest BCUT2D eigenvalue weighted by atomic mass is 9.62. The highest BCUT2D eigenvalue weighted by molar-refractivity contribution is 6.35. The van der Waals surface area contributed by atoms with E-state index in [9.17, 15) is 27.9 Å². The van der Waals surface area contributed by atoms with Gasteiger partial charge >= 0.3 is 12.1 Å². The summed E-state index contributed by atoms with van der Waals surface area (Å²) in [4.78, 5) is 36.7. The molecule has 1 saturated heterocycles. The normalized spacial score (nSPS) is 23.8. The summed E-state index contributed by atoms with van der Waals surface area (Å²) >= 11 is 12.9. The molecule has 0 bridgehead atoms. The Hall–Kier alpha value is -2.70. The van der Waals surface area contributed by atoms with Crippen LogP contribution < -0.4 is 10.6 Å². The summed E-state index contributed by atoms with van der Waals surface area (Å²) in [7, 11) is 0. The topological polar surface area (TPSA) is 136 Å². The highest BCUT2D eigenvalue weighted by atomic mass is 35.5. The predicted octanol–water partition coefficient (Wildman–Crippen LogP) is 5.47. The molecule has 0 radical (unpaired) electrons. The van der Waals surface area contributed by atoms with E-state index in [0.29, 0.717) is 35.0 Å². The number of fused-ring (bicyclic) bond motifs is 2. The van der Waals surface area contributed by atoms with Gasteiger partial charge in [-0.05, 0) is 54.0 Å². The molecule has 13 heteroatoms. The van der Waals surface area contributed by atoms with Crippen molar-refractivity contribution in [3.63, 3.8) is 0 Å². The first kappa shape index (κ1) is 34.8.